The molecule has 0 radical (unpaired) electrons. The smallest absolute Gasteiger partial charge is 0.249 e. The number of hydrogen-bond donors (Lipinski definition) is 1. The molecule has 1 amide bonds. The van der Waals surface area contributed by atoms with Gasteiger partial charge in [-0.25, -0.2) is 0 Å². The molecule has 2 aromatic rings. The van der Waals surface area contributed by atoms with Gasteiger partial charge in [0.1, 0.15) is 11.9 Å². The van der Waals surface area contributed by atoms with Crippen LogP contribution in [0.25, 0.3) is 0 Å². The zero-order valence-electron chi connectivity index (χ0n) is 18.4. The van der Waals surface area contributed by atoms with E-state index in [1.807, 2.05) is 24.3 Å². The molecule has 1 heterocycles. The number of benzene rings is 2. The van der Waals surface area contributed by atoms with Crippen LogP contribution in [0.2, 0.25) is 0 Å². The van der Waals surface area contributed by atoms with Gasteiger partial charge >= 0.3 is 0 Å². The molecule has 5 nitrogen and oxygen atoms in total. The van der Waals surface area contributed by atoms with Crippen molar-refractivity contribution in [1.82, 2.24) is 10.2 Å². The highest BCUT2D eigenvalue weighted by Crippen LogP contribution is 2.18. The highest BCUT2D eigenvalue weighted by molar-refractivity contribution is 5.80. The van der Waals surface area contributed by atoms with Crippen molar-refractivity contribution in [2.24, 2.45) is 5.92 Å². The van der Waals surface area contributed by atoms with E-state index in [0.29, 0.717) is 13.2 Å². The highest BCUT2D eigenvalue weighted by Gasteiger charge is 2.16. The van der Waals surface area contributed by atoms with Gasteiger partial charge in [0, 0.05) is 19.6 Å². The van der Waals surface area contributed by atoms with E-state index in [1.54, 1.807) is 14.0 Å². The molecule has 2 unspecified atom stereocenters. The van der Waals surface area contributed by atoms with E-state index in [-0.39, 0.29) is 5.91 Å². The molecule has 5 heteroatoms. The molecule has 1 fully saturated rings. The Hall–Kier alpha value is -2.37. The summed E-state index contributed by atoms with van der Waals surface area (Å²) >= 11 is 0. The largest absolute Gasteiger partial charge is 0.497 e. The molecule has 162 valence electrons. The first kappa shape index (κ1) is 22.3. The summed E-state index contributed by atoms with van der Waals surface area (Å²) in [4.78, 5) is 14.9. The number of nitrogens with one attached hydrogen (secondary N) is 1. The lowest BCUT2D eigenvalue weighted by Gasteiger charge is -2.30. The van der Waals surface area contributed by atoms with Gasteiger partial charge in [-0.05, 0) is 61.1 Å². The predicted molar refractivity (Wildman–Crippen MR) is 119 cm³/mol. The average Bonchev–Trinajstić information content (AvgIpc) is 2.77. The molecule has 3 rings (SSSR count). The van der Waals surface area contributed by atoms with Crippen molar-refractivity contribution >= 4 is 5.91 Å². The van der Waals surface area contributed by atoms with Crippen molar-refractivity contribution in [3.05, 3.63) is 65.2 Å². The monoisotopic (exact) mass is 410 g/mol. The Balaban J connectivity index is 1.41. The van der Waals surface area contributed by atoms with Crippen LogP contribution in [0.3, 0.4) is 0 Å². The van der Waals surface area contributed by atoms with E-state index in [1.165, 1.54) is 31.5 Å². The SMILES string of the molecule is COc1cccc(COC(C)C(=O)NCc2ccc(CN3CCCC(C)C3)cc2)c1. The number of carbonyl (C=O) groups is 1. The number of ether oxygens (including phenoxy) is 2. The summed E-state index contributed by atoms with van der Waals surface area (Å²) < 4.78 is 10.9. The summed E-state index contributed by atoms with van der Waals surface area (Å²) in [5, 5.41) is 2.97. The maximum absolute atomic E-state index is 12.4. The van der Waals surface area contributed by atoms with Crippen LogP contribution in [-0.2, 0) is 29.2 Å². The average molecular weight is 411 g/mol. The van der Waals surface area contributed by atoms with Crippen LogP contribution in [-0.4, -0.2) is 37.1 Å². The van der Waals surface area contributed by atoms with E-state index in [2.05, 4.69) is 41.4 Å². The maximum Gasteiger partial charge on any atom is 0.249 e. The van der Waals surface area contributed by atoms with Crippen LogP contribution >= 0.6 is 0 Å². The van der Waals surface area contributed by atoms with Gasteiger partial charge in [-0.15, -0.1) is 0 Å². The fraction of sp³-hybridized carbons (Fsp3) is 0.480. The summed E-state index contributed by atoms with van der Waals surface area (Å²) in [7, 11) is 1.64. The number of rotatable bonds is 9. The Morgan fingerprint density at radius 3 is 2.67 bits per heavy atom. The van der Waals surface area contributed by atoms with Gasteiger partial charge in [0.25, 0.3) is 0 Å². The molecule has 0 spiro atoms. The second kappa shape index (κ2) is 11.1. The highest BCUT2D eigenvalue weighted by atomic mass is 16.5. The molecule has 0 saturated carbocycles. The van der Waals surface area contributed by atoms with E-state index in [0.717, 1.165) is 29.3 Å². The van der Waals surface area contributed by atoms with Gasteiger partial charge < -0.3 is 14.8 Å². The van der Waals surface area contributed by atoms with Gasteiger partial charge in [0.05, 0.1) is 13.7 Å². The fourth-order valence-electron chi connectivity index (χ4n) is 3.84. The van der Waals surface area contributed by atoms with Crippen molar-refractivity contribution in [2.45, 2.75) is 52.5 Å². The molecule has 1 N–H and O–H groups in total. The summed E-state index contributed by atoms with van der Waals surface area (Å²) in [6, 6.07) is 16.2. The molecule has 1 aliphatic rings. The van der Waals surface area contributed by atoms with Crippen molar-refractivity contribution in [2.75, 3.05) is 20.2 Å². The Labute approximate surface area is 180 Å². The zero-order valence-corrected chi connectivity index (χ0v) is 18.4. The number of likely N-dealkylation sites (tertiary alicyclic amines) is 1. The Morgan fingerprint density at radius 1 is 1.17 bits per heavy atom. The molecule has 1 aliphatic heterocycles. The maximum atomic E-state index is 12.4. The summed E-state index contributed by atoms with van der Waals surface area (Å²) in [5.74, 6) is 1.47. The van der Waals surface area contributed by atoms with Gasteiger partial charge in [-0.1, -0.05) is 43.3 Å². The normalized spacial score (nSPS) is 18.0. The van der Waals surface area contributed by atoms with E-state index < -0.39 is 6.10 Å². The molecule has 2 aromatic carbocycles. The third-order valence-corrected chi connectivity index (χ3v) is 5.64. The number of carbonyl (C=O) groups excluding carboxylic acids is 1. The van der Waals surface area contributed by atoms with Crippen molar-refractivity contribution < 1.29 is 14.3 Å². The molecule has 1 saturated heterocycles. The van der Waals surface area contributed by atoms with Crippen LogP contribution in [0.5, 0.6) is 5.75 Å². The zero-order chi connectivity index (χ0) is 21.3. The number of piperidine rings is 1. The Bertz CT molecular complexity index is 806. The number of nitrogens with zero attached hydrogens (tertiary/aromatic N) is 1. The first-order valence-corrected chi connectivity index (χ1v) is 10.9. The van der Waals surface area contributed by atoms with Crippen LogP contribution in [0.15, 0.2) is 48.5 Å². The Kier molecular flexibility index (Phi) is 8.29. The molecular weight excluding hydrogens is 376 g/mol. The summed E-state index contributed by atoms with van der Waals surface area (Å²) in [6.45, 7) is 8.37. The van der Waals surface area contributed by atoms with Crippen LogP contribution < -0.4 is 10.1 Å². The number of methoxy groups -OCH3 is 1. The quantitative estimate of drug-likeness (QED) is 0.675. The van der Waals surface area contributed by atoms with E-state index >= 15 is 0 Å². The molecule has 2 atom stereocenters. The second-order valence-corrected chi connectivity index (χ2v) is 8.32. The fourth-order valence-corrected chi connectivity index (χ4v) is 3.84. The van der Waals surface area contributed by atoms with Crippen molar-refractivity contribution in [3.8, 4) is 5.75 Å². The lowest BCUT2D eigenvalue weighted by atomic mass is 9.99. The lowest BCUT2D eigenvalue weighted by molar-refractivity contribution is -0.132. The second-order valence-electron chi connectivity index (χ2n) is 8.32. The lowest BCUT2D eigenvalue weighted by Crippen LogP contribution is -2.34. The third-order valence-electron chi connectivity index (χ3n) is 5.64. The minimum absolute atomic E-state index is 0.107. The molecule has 0 aliphatic carbocycles. The van der Waals surface area contributed by atoms with E-state index in [4.69, 9.17) is 9.47 Å². The third kappa shape index (κ3) is 6.85. The van der Waals surface area contributed by atoms with Crippen LogP contribution in [0, 0.1) is 5.92 Å². The van der Waals surface area contributed by atoms with Gasteiger partial charge in [-0.2, -0.15) is 0 Å². The molecule has 0 bridgehead atoms. The summed E-state index contributed by atoms with van der Waals surface area (Å²) in [6.07, 6.45) is 2.12. The van der Waals surface area contributed by atoms with Crippen molar-refractivity contribution in [3.63, 3.8) is 0 Å². The van der Waals surface area contributed by atoms with Crippen molar-refractivity contribution in [1.29, 1.82) is 0 Å². The van der Waals surface area contributed by atoms with Gasteiger partial charge in [0.2, 0.25) is 5.91 Å². The standard InChI is InChI=1S/C25H34N2O3/c1-19-6-5-13-27(16-19)17-22-11-9-21(10-12-22)15-26-25(28)20(2)30-18-23-7-4-8-24(14-23)29-3/h4,7-12,14,19-20H,5-6,13,15-18H2,1-3H3,(H,26,28). The first-order valence-electron chi connectivity index (χ1n) is 10.9. The van der Waals surface area contributed by atoms with Crippen LogP contribution in [0.4, 0.5) is 0 Å². The number of amides is 1. The first-order chi connectivity index (χ1) is 14.5. The number of hydrogen-bond acceptors (Lipinski definition) is 4. The topological polar surface area (TPSA) is 50.8 Å². The molecular formula is C25H34N2O3. The Morgan fingerprint density at radius 2 is 1.93 bits per heavy atom. The molecule has 30 heavy (non-hydrogen) atoms. The van der Waals surface area contributed by atoms with Gasteiger partial charge in [0.15, 0.2) is 0 Å². The predicted octanol–water partition coefficient (Wildman–Crippen LogP) is 4.15. The van der Waals surface area contributed by atoms with E-state index in [9.17, 15) is 4.79 Å². The summed E-state index contributed by atoms with van der Waals surface area (Å²) in [5.41, 5.74) is 3.40. The van der Waals surface area contributed by atoms with Crippen LogP contribution in [0.1, 0.15) is 43.4 Å². The van der Waals surface area contributed by atoms with Gasteiger partial charge in [-0.3, -0.25) is 9.69 Å². The molecule has 0 aromatic heterocycles. The minimum Gasteiger partial charge on any atom is -0.497 e. The minimum atomic E-state index is -0.517.